The van der Waals surface area contributed by atoms with Gasteiger partial charge >= 0.3 is 6.09 Å². The Morgan fingerprint density at radius 1 is 0.800 bits per heavy atom. The number of carbonyl (C=O) groups excluding carboxylic acids is 4. The Bertz CT molecular complexity index is 1240. The Labute approximate surface area is 268 Å². The zero-order valence-corrected chi connectivity index (χ0v) is 28.0. The molecule has 0 saturated carbocycles. The molecule has 0 radical (unpaired) electrons. The molecule has 4 amide bonds. The third kappa shape index (κ3) is 13.7. The van der Waals surface area contributed by atoms with E-state index >= 15 is 0 Å². The van der Waals surface area contributed by atoms with Crippen molar-refractivity contribution < 1.29 is 29.0 Å². The number of aliphatic hydroxyl groups is 1. The molecule has 2 aromatic carbocycles. The molecule has 0 aliphatic heterocycles. The summed E-state index contributed by atoms with van der Waals surface area (Å²) >= 11 is 0. The van der Waals surface area contributed by atoms with Crippen LogP contribution in [0.2, 0.25) is 0 Å². The molecule has 0 fully saturated rings. The molecule has 0 heterocycles. The van der Waals surface area contributed by atoms with Gasteiger partial charge in [0, 0.05) is 18.5 Å². The van der Waals surface area contributed by atoms with E-state index in [4.69, 9.17) is 4.74 Å². The predicted octanol–water partition coefficient (Wildman–Crippen LogP) is 4.11. The number of aliphatic hydroxyl groups excluding tert-OH is 1. The second-order valence-corrected chi connectivity index (χ2v) is 14.0. The molecular weight excluding hydrogens is 572 g/mol. The zero-order chi connectivity index (χ0) is 33.8. The van der Waals surface area contributed by atoms with Gasteiger partial charge in [0.15, 0.2) is 0 Å². The van der Waals surface area contributed by atoms with Crippen molar-refractivity contribution in [2.75, 3.05) is 6.54 Å². The molecule has 0 aromatic heterocycles. The van der Waals surface area contributed by atoms with E-state index in [-0.39, 0.29) is 43.7 Å². The van der Waals surface area contributed by atoms with Gasteiger partial charge in [-0.05, 0) is 49.7 Å². The summed E-state index contributed by atoms with van der Waals surface area (Å²) < 4.78 is 5.32. The predicted molar refractivity (Wildman–Crippen MR) is 175 cm³/mol. The minimum Gasteiger partial charge on any atom is -0.445 e. The summed E-state index contributed by atoms with van der Waals surface area (Å²) in [7, 11) is 0. The lowest BCUT2D eigenvalue weighted by atomic mass is 9.77. The number of hydrogen-bond acceptors (Lipinski definition) is 6. The first-order valence-corrected chi connectivity index (χ1v) is 15.5. The molecule has 0 saturated heterocycles. The van der Waals surface area contributed by atoms with Crippen LogP contribution in [0.5, 0.6) is 0 Å². The fourth-order valence-corrected chi connectivity index (χ4v) is 4.72. The molecule has 4 atom stereocenters. The van der Waals surface area contributed by atoms with E-state index in [1.165, 1.54) is 0 Å². The summed E-state index contributed by atoms with van der Waals surface area (Å²) in [5.74, 6) is -1.95. The monoisotopic (exact) mass is 624 g/mol. The molecule has 10 nitrogen and oxygen atoms in total. The summed E-state index contributed by atoms with van der Waals surface area (Å²) in [6.07, 6.45) is -1.67. The van der Waals surface area contributed by atoms with Crippen LogP contribution < -0.4 is 21.3 Å². The molecule has 45 heavy (non-hydrogen) atoms. The second kappa shape index (κ2) is 17.0. The van der Waals surface area contributed by atoms with Crippen LogP contribution in [0.4, 0.5) is 4.79 Å². The van der Waals surface area contributed by atoms with E-state index in [9.17, 15) is 24.3 Å². The Morgan fingerprint density at radius 2 is 1.36 bits per heavy atom. The SMILES string of the molecule is CC(C)[C@H](NC(=O)OCc1ccccc1)C(=O)NC(Cc1ccccc1)C(O)CNC(=O)C[C@H](C(=O)NC(C)(C)C)C(C)(C)C. The lowest BCUT2D eigenvalue weighted by Gasteiger charge is -2.32. The van der Waals surface area contributed by atoms with E-state index in [2.05, 4.69) is 21.3 Å². The van der Waals surface area contributed by atoms with Crippen molar-refractivity contribution in [3.05, 3.63) is 71.8 Å². The van der Waals surface area contributed by atoms with Crippen LogP contribution in [-0.4, -0.2) is 59.2 Å². The van der Waals surface area contributed by atoms with Gasteiger partial charge in [-0.15, -0.1) is 0 Å². The van der Waals surface area contributed by atoms with Gasteiger partial charge in [0.1, 0.15) is 12.6 Å². The normalized spacial score (nSPS) is 14.4. The zero-order valence-electron chi connectivity index (χ0n) is 28.0. The number of amides is 4. The molecule has 2 unspecified atom stereocenters. The lowest BCUT2D eigenvalue weighted by Crippen LogP contribution is -2.56. The smallest absolute Gasteiger partial charge is 0.408 e. The first kappa shape index (κ1) is 37.3. The Kier molecular flexibility index (Phi) is 14.0. The third-order valence-corrected chi connectivity index (χ3v) is 7.28. The first-order chi connectivity index (χ1) is 21.0. The van der Waals surface area contributed by atoms with Crippen LogP contribution in [0.15, 0.2) is 60.7 Å². The molecule has 0 aliphatic carbocycles. The second-order valence-electron chi connectivity index (χ2n) is 14.0. The van der Waals surface area contributed by atoms with E-state index in [1.807, 2.05) is 102 Å². The van der Waals surface area contributed by atoms with Crippen LogP contribution >= 0.6 is 0 Å². The van der Waals surface area contributed by atoms with Crippen LogP contribution in [0.25, 0.3) is 0 Å². The number of alkyl carbamates (subject to hydrolysis) is 1. The molecule has 0 bridgehead atoms. The van der Waals surface area contributed by atoms with Crippen LogP contribution in [-0.2, 0) is 32.1 Å². The number of rotatable bonds is 14. The van der Waals surface area contributed by atoms with E-state index in [0.717, 1.165) is 11.1 Å². The van der Waals surface area contributed by atoms with Crippen molar-refractivity contribution in [3.63, 3.8) is 0 Å². The summed E-state index contributed by atoms with van der Waals surface area (Å²) in [6, 6.07) is 16.8. The largest absolute Gasteiger partial charge is 0.445 e. The van der Waals surface area contributed by atoms with Crippen LogP contribution in [0, 0.1) is 17.3 Å². The third-order valence-electron chi connectivity index (χ3n) is 7.28. The van der Waals surface area contributed by atoms with E-state index in [0.29, 0.717) is 0 Å². The summed E-state index contributed by atoms with van der Waals surface area (Å²) in [5, 5.41) is 22.5. The van der Waals surface area contributed by atoms with Gasteiger partial charge in [-0.25, -0.2) is 4.79 Å². The van der Waals surface area contributed by atoms with Gasteiger partial charge < -0.3 is 31.1 Å². The van der Waals surface area contributed by atoms with Gasteiger partial charge in [-0.2, -0.15) is 0 Å². The highest BCUT2D eigenvalue weighted by atomic mass is 16.5. The molecule has 0 aliphatic rings. The molecule has 5 N–H and O–H groups in total. The maximum Gasteiger partial charge on any atom is 0.408 e. The Morgan fingerprint density at radius 3 is 1.87 bits per heavy atom. The Balaban J connectivity index is 2.10. The van der Waals surface area contributed by atoms with Crippen molar-refractivity contribution in [1.82, 2.24) is 21.3 Å². The molecule has 10 heteroatoms. The number of nitrogens with one attached hydrogen (secondary N) is 4. The lowest BCUT2D eigenvalue weighted by molar-refractivity contribution is -0.135. The molecular formula is C35H52N4O6. The molecule has 2 rings (SSSR count). The van der Waals surface area contributed by atoms with Crippen molar-refractivity contribution in [1.29, 1.82) is 0 Å². The number of hydrogen-bond donors (Lipinski definition) is 5. The molecule has 248 valence electrons. The average molecular weight is 625 g/mol. The Hall–Kier alpha value is -3.92. The topological polar surface area (TPSA) is 146 Å². The van der Waals surface area contributed by atoms with Crippen LogP contribution in [0.1, 0.15) is 72.9 Å². The number of ether oxygens (including phenoxy) is 1. The van der Waals surface area contributed by atoms with Crippen molar-refractivity contribution in [2.24, 2.45) is 17.3 Å². The fraction of sp³-hybridized carbons (Fsp3) is 0.543. The highest BCUT2D eigenvalue weighted by Gasteiger charge is 2.35. The van der Waals surface area contributed by atoms with Gasteiger partial charge in [-0.3, -0.25) is 14.4 Å². The van der Waals surface area contributed by atoms with Gasteiger partial charge in [0.05, 0.1) is 18.1 Å². The minimum atomic E-state index is -1.16. The van der Waals surface area contributed by atoms with E-state index in [1.54, 1.807) is 13.8 Å². The summed E-state index contributed by atoms with van der Waals surface area (Å²) in [5.41, 5.74) is 0.763. The quantitative estimate of drug-likeness (QED) is 0.214. The van der Waals surface area contributed by atoms with Crippen molar-refractivity contribution in [3.8, 4) is 0 Å². The van der Waals surface area contributed by atoms with Gasteiger partial charge in [0.2, 0.25) is 17.7 Å². The van der Waals surface area contributed by atoms with Crippen LogP contribution in [0.3, 0.4) is 0 Å². The van der Waals surface area contributed by atoms with Crippen molar-refractivity contribution >= 4 is 23.8 Å². The maximum absolute atomic E-state index is 13.5. The molecule has 0 spiro atoms. The highest BCUT2D eigenvalue weighted by molar-refractivity contribution is 5.87. The average Bonchev–Trinajstić information content (AvgIpc) is 2.95. The first-order valence-electron chi connectivity index (χ1n) is 15.5. The summed E-state index contributed by atoms with van der Waals surface area (Å²) in [4.78, 5) is 52.0. The van der Waals surface area contributed by atoms with Gasteiger partial charge in [-0.1, -0.05) is 95.3 Å². The highest BCUT2D eigenvalue weighted by Crippen LogP contribution is 2.29. The standard InChI is InChI=1S/C35H52N4O6/c1-23(2)30(38-33(44)45-22-25-17-13-10-14-18-25)32(43)37-27(19-24-15-11-9-12-16-24)28(40)21-36-29(41)20-26(34(3,4)5)31(42)39-35(6,7)8/h9-18,23,26-28,30,40H,19-22H2,1-8H3,(H,36,41)(H,37,43)(H,38,44)(H,39,42)/t26-,27?,28?,30+/m1/s1. The molecule has 2 aromatic rings. The fourth-order valence-electron chi connectivity index (χ4n) is 4.72. The van der Waals surface area contributed by atoms with Gasteiger partial charge in [0.25, 0.3) is 0 Å². The van der Waals surface area contributed by atoms with Crippen molar-refractivity contribution in [2.45, 2.75) is 98.6 Å². The maximum atomic E-state index is 13.5. The number of carbonyl (C=O) groups is 4. The minimum absolute atomic E-state index is 0.0573. The van der Waals surface area contributed by atoms with E-state index < -0.39 is 47.1 Å². The summed E-state index contributed by atoms with van der Waals surface area (Å²) in [6.45, 7) is 14.9. The number of benzene rings is 2.